The first-order chi connectivity index (χ1) is 13.5. The molecule has 0 atom stereocenters. The summed E-state index contributed by atoms with van der Waals surface area (Å²) in [4.78, 5) is 26.5. The summed E-state index contributed by atoms with van der Waals surface area (Å²) in [6.45, 7) is 7.57. The number of nitrogens with two attached hydrogens (primary N) is 1. The van der Waals surface area contributed by atoms with Gasteiger partial charge in [0.05, 0.1) is 0 Å². The molecule has 0 heterocycles. The monoisotopic (exact) mass is 380 g/mol. The summed E-state index contributed by atoms with van der Waals surface area (Å²) in [5.41, 5.74) is 8.40. The van der Waals surface area contributed by atoms with Gasteiger partial charge in [-0.2, -0.15) is 0 Å². The standard InChI is InChI=1S/C22H28N4O2/c1-3-26(4-2)16-15-24-22(28)18-8-12-20(13-9-18)25-21(27)14-7-17-5-10-19(23)11-6-17/h5-14H,3-4,15-16,23H2,1-2H3,(H,24,28)(H,25,27)/b14-7+. The molecule has 0 bridgehead atoms. The second-order valence-electron chi connectivity index (χ2n) is 6.35. The molecule has 2 rings (SSSR count). The molecule has 0 aliphatic rings. The maximum atomic E-state index is 12.2. The molecule has 6 nitrogen and oxygen atoms in total. The molecule has 4 N–H and O–H groups in total. The minimum absolute atomic E-state index is 0.117. The molecule has 2 amide bonds. The average molecular weight is 380 g/mol. The number of amides is 2. The molecular weight excluding hydrogens is 352 g/mol. The van der Waals surface area contributed by atoms with Crippen LogP contribution in [0, 0.1) is 0 Å². The Morgan fingerprint density at radius 1 is 1.00 bits per heavy atom. The van der Waals surface area contributed by atoms with Crippen LogP contribution >= 0.6 is 0 Å². The highest BCUT2D eigenvalue weighted by Gasteiger charge is 2.06. The van der Waals surface area contributed by atoms with Crippen LogP contribution in [-0.4, -0.2) is 42.9 Å². The van der Waals surface area contributed by atoms with Gasteiger partial charge in [0.2, 0.25) is 5.91 Å². The largest absolute Gasteiger partial charge is 0.399 e. The van der Waals surface area contributed by atoms with Gasteiger partial charge in [0.25, 0.3) is 5.91 Å². The molecule has 2 aromatic carbocycles. The van der Waals surface area contributed by atoms with Crippen LogP contribution in [0.15, 0.2) is 54.6 Å². The summed E-state index contributed by atoms with van der Waals surface area (Å²) in [5.74, 6) is -0.360. The Hall–Kier alpha value is -3.12. The molecule has 0 aliphatic carbocycles. The van der Waals surface area contributed by atoms with Gasteiger partial charge in [-0.25, -0.2) is 0 Å². The first kappa shape index (κ1) is 21.2. The van der Waals surface area contributed by atoms with Crippen LogP contribution in [0.3, 0.4) is 0 Å². The van der Waals surface area contributed by atoms with Gasteiger partial charge in [0.15, 0.2) is 0 Å². The average Bonchev–Trinajstić information content (AvgIpc) is 2.71. The quantitative estimate of drug-likeness (QED) is 0.461. The van der Waals surface area contributed by atoms with E-state index >= 15 is 0 Å². The second-order valence-corrected chi connectivity index (χ2v) is 6.35. The van der Waals surface area contributed by atoms with Crippen molar-refractivity contribution in [2.75, 3.05) is 37.2 Å². The van der Waals surface area contributed by atoms with Crippen LogP contribution in [0.5, 0.6) is 0 Å². The van der Waals surface area contributed by atoms with Gasteiger partial charge in [0.1, 0.15) is 0 Å². The van der Waals surface area contributed by atoms with Crippen LogP contribution in [0.2, 0.25) is 0 Å². The molecule has 0 unspecified atom stereocenters. The number of nitrogens with one attached hydrogen (secondary N) is 2. The number of rotatable bonds is 9. The van der Waals surface area contributed by atoms with Gasteiger partial charge in [0, 0.05) is 36.1 Å². The van der Waals surface area contributed by atoms with Crippen molar-refractivity contribution in [2.24, 2.45) is 0 Å². The van der Waals surface area contributed by atoms with Crippen molar-refractivity contribution in [1.29, 1.82) is 0 Å². The third-order valence-electron chi connectivity index (χ3n) is 4.39. The van der Waals surface area contributed by atoms with E-state index in [4.69, 9.17) is 5.73 Å². The minimum Gasteiger partial charge on any atom is -0.399 e. The molecule has 0 aliphatic heterocycles. The number of likely N-dealkylation sites (N-methyl/N-ethyl adjacent to an activating group) is 1. The van der Waals surface area contributed by atoms with Crippen molar-refractivity contribution in [3.8, 4) is 0 Å². The summed E-state index contributed by atoms with van der Waals surface area (Å²) in [7, 11) is 0. The number of hydrogen-bond donors (Lipinski definition) is 3. The highest BCUT2D eigenvalue weighted by Crippen LogP contribution is 2.11. The molecule has 2 aromatic rings. The molecule has 0 spiro atoms. The van der Waals surface area contributed by atoms with E-state index in [1.165, 1.54) is 6.08 Å². The van der Waals surface area contributed by atoms with Crippen molar-refractivity contribution in [1.82, 2.24) is 10.2 Å². The lowest BCUT2D eigenvalue weighted by Crippen LogP contribution is -2.34. The minimum atomic E-state index is -0.242. The Labute approximate surface area is 166 Å². The van der Waals surface area contributed by atoms with Gasteiger partial charge in [-0.3, -0.25) is 9.59 Å². The third-order valence-corrected chi connectivity index (χ3v) is 4.39. The van der Waals surface area contributed by atoms with Crippen molar-refractivity contribution in [3.05, 3.63) is 65.7 Å². The van der Waals surface area contributed by atoms with Crippen LogP contribution in [0.4, 0.5) is 11.4 Å². The van der Waals surface area contributed by atoms with E-state index in [-0.39, 0.29) is 11.8 Å². The number of anilines is 2. The fourth-order valence-corrected chi connectivity index (χ4v) is 2.64. The Kier molecular flexibility index (Phi) is 8.24. The number of nitrogens with zero attached hydrogens (tertiary/aromatic N) is 1. The van der Waals surface area contributed by atoms with Crippen molar-refractivity contribution >= 4 is 29.3 Å². The lowest BCUT2D eigenvalue weighted by Gasteiger charge is -2.17. The molecule has 0 aromatic heterocycles. The fourth-order valence-electron chi connectivity index (χ4n) is 2.64. The predicted molar refractivity (Wildman–Crippen MR) is 115 cm³/mol. The van der Waals surface area contributed by atoms with Crippen LogP contribution in [0.1, 0.15) is 29.8 Å². The van der Waals surface area contributed by atoms with Gasteiger partial charge in [-0.1, -0.05) is 26.0 Å². The van der Waals surface area contributed by atoms with Crippen LogP contribution in [-0.2, 0) is 4.79 Å². The van der Waals surface area contributed by atoms with Crippen molar-refractivity contribution in [2.45, 2.75) is 13.8 Å². The molecular formula is C22H28N4O2. The Balaban J connectivity index is 1.83. The van der Waals surface area contributed by atoms with Gasteiger partial charge in [-0.15, -0.1) is 0 Å². The summed E-state index contributed by atoms with van der Waals surface area (Å²) in [6, 6.07) is 14.1. The summed E-state index contributed by atoms with van der Waals surface area (Å²) >= 11 is 0. The number of nitrogen functional groups attached to an aromatic ring is 1. The second kappa shape index (κ2) is 10.9. The molecule has 148 valence electrons. The maximum Gasteiger partial charge on any atom is 0.251 e. The number of benzene rings is 2. The molecule has 28 heavy (non-hydrogen) atoms. The smallest absolute Gasteiger partial charge is 0.251 e. The Morgan fingerprint density at radius 3 is 2.25 bits per heavy atom. The van der Waals surface area contributed by atoms with Crippen LogP contribution < -0.4 is 16.4 Å². The van der Waals surface area contributed by atoms with Crippen molar-refractivity contribution < 1.29 is 9.59 Å². The van der Waals surface area contributed by atoms with Gasteiger partial charge in [-0.05, 0) is 61.1 Å². The molecule has 0 radical (unpaired) electrons. The zero-order valence-electron chi connectivity index (χ0n) is 16.4. The summed E-state index contributed by atoms with van der Waals surface area (Å²) in [5, 5.41) is 5.69. The van der Waals surface area contributed by atoms with E-state index in [1.54, 1.807) is 42.5 Å². The first-order valence-electron chi connectivity index (χ1n) is 9.47. The summed E-state index contributed by atoms with van der Waals surface area (Å²) < 4.78 is 0. The highest BCUT2D eigenvalue weighted by molar-refractivity contribution is 6.02. The number of carbonyl (C=O) groups is 2. The fraction of sp³-hybridized carbons (Fsp3) is 0.273. The molecule has 6 heteroatoms. The van der Waals surface area contributed by atoms with Crippen molar-refractivity contribution in [3.63, 3.8) is 0 Å². The SMILES string of the molecule is CCN(CC)CCNC(=O)c1ccc(NC(=O)/C=C/c2ccc(N)cc2)cc1. The zero-order valence-corrected chi connectivity index (χ0v) is 16.4. The lowest BCUT2D eigenvalue weighted by atomic mass is 10.2. The van der Waals surface area contributed by atoms with E-state index in [0.29, 0.717) is 23.5 Å². The third kappa shape index (κ3) is 6.89. The number of carbonyl (C=O) groups excluding carboxylic acids is 2. The molecule has 0 saturated heterocycles. The normalized spacial score (nSPS) is 11.0. The van der Waals surface area contributed by atoms with E-state index in [9.17, 15) is 9.59 Å². The first-order valence-corrected chi connectivity index (χ1v) is 9.47. The van der Waals surface area contributed by atoms with E-state index in [1.807, 2.05) is 12.1 Å². The highest BCUT2D eigenvalue weighted by atomic mass is 16.2. The molecule has 0 fully saturated rings. The lowest BCUT2D eigenvalue weighted by molar-refractivity contribution is -0.111. The predicted octanol–water partition coefficient (Wildman–Crippen LogP) is 2.99. The summed E-state index contributed by atoms with van der Waals surface area (Å²) in [6.07, 6.45) is 3.17. The van der Waals surface area contributed by atoms with Gasteiger partial charge >= 0.3 is 0 Å². The zero-order chi connectivity index (χ0) is 20.4. The van der Waals surface area contributed by atoms with E-state index in [2.05, 4.69) is 29.4 Å². The van der Waals surface area contributed by atoms with Gasteiger partial charge < -0.3 is 21.3 Å². The van der Waals surface area contributed by atoms with Crippen LogP contribution in [0.25, 0.3) is 6.08 Å². The Bertz CT molecular complexity index is 794. The maximum absolute atomic E-state index is 12.2. The molecule has 0 saturated carbocycles. The Morgan fingerprint density at radius 2 is 1.64 bits per heavy atom. The van der Waals surface area contributed by atoms with E-state index < -0.39 is 0 Å². The number of hydrogen-bond acceptors (Lipinski definition) is 4. The van der Waals surface area contributed by atoms with E-state index in [0.717, 1.165) is 25.2 Å². The topological polar surface area (TPSA) is 87.5 Å².